The number of nitrogens with zero attached hydrogens (tertiary/aromatic N) is 2. The summed E-state index contributed by atoms with van der Waals surface area (Å²) in [6.45, 7) is 9.58. The molecule has 0 bridgehead atoms. The Morgan fingerprint density at radius 1 is 1.50 bits per heavy atom. The molecule has 0 amide bonds. The number of hydrogen-bond acceptors (Lipinski definition) is 2. The molecule has 1 aromatic carbocycles. The summed E-state index contributed by atoms with van der Waals surface area (Å²) >= 11 is 0. The Morgan fingerprint density at radius 2 is 2.27 bits per heavy atom. The second-order valence-corrected chi connectivity index (χ2v) is 5.90. The molecular weight excluding hydrogens is 389 g/mol. The summed E-state index contributed by atoms with van der Waals surface area (Å²) < 4.78 is 0. The summed E-state index contributed by atoms with van der Waals surface area (Å²) in [5.41, 5.74) is 2.62. The predicted molar refractivity (Wildman–Crippen MR) is 103 cm³/mol. The van der Waals surface area contributed by atoms with E-state index in [0.717, 1.165) is 32.0 Å². The number of benzene rings is 1. The minimum Gasteiger partial charge on any atom is -0.391 e. The van der Waals surface area contributed by atoms with Crippen molar-refractivity contribution in [1.29, 1.82) is 0 Å². The molecule has 1 fully saturated rings. The molecule has 2 atom stereocenters. The van der Waals surface area contributed by atoms with Crippen molar-refractivity contribution in [2.75, 3.05) is 26.2 Å². The van der Waals surface area contributed by atoms with Gasteiger partial charge in [0.2, 0.25) is 0 Å². The van der Waals surface area contributed by atoms with Gasteiger partial charge in [-0.3, -0.25) is 4.99 Å². The maximum Gasteiger partial charge on any atom is 0.194 e. The molecule has 1 unspecified atom stereocenters. The van der Waals surface area contributed by atoms with E-state index in [1.54, 1.807) is 0 Å². The van der Waals surface area contributed by atoms with E-state index in [-0.39, 0.29) is 30.1 Å². The van der Waals surface area contributed by atoms with E-state index in [1.165, 1.54) is 11.1 Å². The molecule has 1 saturated heterocycles. The highest BCUT2D eigenvalue weighted by Crippen LogP contribution is 2.17. The van der Waals surface area contributed by atoms with Gasteiger partial charge in [0.05, 0.1) is 6.10 Å². The van der Waals surface area contributed by atoms with Crippen LogP contribution in [0.5, 0.6) is 0 Å². The Kier molecular flexibility index (Phi) is 8.17. The van der Waals surface area contributed by atoms with Gasteiger partial charge in [0.25, 0.3) is 0 Å². The number of hydrogen-bond donors (Lipinski definition) is 2. The lowest BCUT2D eigenvalue weighted by molar-refractivity contribution is 0.188. The number of nitrogens with one attached hydrogen (secondary N) is 1. The van der Waals surface area contributed by atoms with E-state index in [9.17, 15) is 5.11 Å². The zero-order valence-corrected chi connectivity index (χ0v) is 16.1. The summed E-state index contributed by atoms with van der Waals surface area (Å²) in [6, 6.07) is 8.62. The van der Waals surface area contributed by atoms with Crippen molar-refractivity contribution in [2.45, 2.75) is 39.2 Å². The SMILES string of the molecule is CCNC(=NCC(C)c1cccc(C)c1)N1CC[C@@H](O)C1.I. The average molecular weight is 417 g/mol. The van der Waals surface area contributed by atoms with Crippen molar-refractivity contribution in [3.05, 3.63) is 35.4 Å². The fourth-order valence-corrected chi connectivity index (χ4v) is 2.67. The topological polar surface area (TPSA) is 47.9 Å². The second-order valence-electron chi connectivity index (χ2n) is 5.90. The lowest BCUT2D eigenvalue weighted by Crippen LogP contribution is -2.40. The lowest BCUT2D eigenvalue weighted by Gasteiger charge is -2.21. The molecule has 1 aromatic rings. The largest absolute Gasteiger partial charge is 0.391 e. The molecule has 1 heterocycles. The summed E-state index contributed by atoms with van der Waals surface area (Å²) in [4.78, 5) is 6.91. The summed E-state index contributed by atoms with van der Waals surface area (Å²) in [6.07, 6.45) is 0.612. The van der Waals surface area contributed by atoms with Gasteiger partial charge in [-0.2, -0.15) is 0 Å². The second kappa shape index (κ2) is 9.35. The van der Waals surface area contributed by atoms with Gasteiger partial charge in [0.15, 0.2) is 5.96 Å². The van der Waals surface area contributed by atoms with Crippen LogP contribution in [0.4, 0.5) is 0 Å². The highest BCUT2D eigenvalue weighted by Gasteiger charge is 2.22. The Labute approximate surface area is 151 Å². The van der Waals surface area contributed by atoms with E-state index < -0.39 is 0 Å². The van der Waals surface area contributed by atoms with Crippen LogP contribution < -0.4 is 5.32 Å². The number of halogens is 1. The van der Waals surface area contributed by atoms with Gasteiger partial charge in [0.1, 0.15) is 0 Å². The molecule has 5 heteroatoms. The molecule has 0 saturated carbocycles. The Morgan fingerprint density at radius 3 is 2.86 bits per heavy atom. The number of likely N-dealkylation sites (tertiary alicyclic amines) is 1. The molecule has 1 aliphatic heterocycles. The van der Waals surface area contributed by atoms with Crippen molar-refractivity contribution in [1.82, 2.24) is 10.2 Å². The molecule has 0 aliphatic carbocycles. The van der Waals surface area contributed by atoms with Crippen LogP contribution in [0.3, 0.4) is 0 Å². The van der Waals surface area contributed by atoms with E-state index in [1.807, 2.05) is 0 Å². The van der Waals surface area contributed by atoms with Crippen molar-refractivity contribution in [3.8, 4) is 0 Å². The van der Waals surface area contributed by atoms with Gasteiger partial charge in [-0.25, -0.2) is 0 Å². The first-order valence-corrected chi connectivity index (χ1v) is 7.88. The molecule has 0 spiro atoms. The summed E-state index contributed by atoms with van der Waals surface area (Å²) in [5, 5.41) is 13.0. The van der Waals surface area contributed by atoms with Gasteiger partial charge >= 0.3 is 0 Å². The fourth-order valence-electron chi connectivity index (χ4n) is 2.67. The van der Waals surface area contributed by atoms with E-state index in [4.69, 9.17) is 4.99 Å². The molecule has 22 heavy (non-hydrogen) atoms. The van der Waals surface area contributed by atoms with Crippen molar-refractivity contribution >= 4 is 29.9 Å². The zero-order chi connectivity index (χ0) is 15.2. The Hall–Kier alpha value is -0.820. The van der Waals surface area contributed by atoms with Crippen LogP contribution >= 0.6 is 24.0 Å². The zero-order valence-electron chi connectivity index (χ0n) is 13.7. The summed E-state index contributed by atoms with van der Waals surface area (Å²) in [7, 11) is 0. The molecule has 2 rings (SSSR count). The quantitative estimate of drug-likeness (QED) is 0.450. The van der Waals surface area contributed by atoms with Gasteiger partial charge in [-0.05, 0) is 25.8 Å². The number of aryl methyl sites for hydroxylation is 1. The number of aliphatic hydroxyl groups excluding tert-OH is 1. The fraction of sp³-hybridized carbons (Fsp3) is 0.588. The minimum atomic E-state index is -0.219. The first-order chi connectivity index (χ1) is 10.1. The highest BCUT2D eigenvalue weighted by molar-refractivity contribution is 14.0. The van der Waals surface area contributed by atoms with Crippen molar-refractivity contribution in [3.63, 3.8) is 0 Å². The number of aliphatic hydroxyl groups is 1. The number of β-amino-alcohol motifs (C(OH)–C–C–N with tert-alkyl or cyclic N) is 1. The molecule has 2 N–H and O–H groups in total. The Balaban J connectivity index is 0.00000242. The van der Waals surface area contributed by atoms with Crippen LogP contribution in [0.15, 0.2) is 29.3 Å². The van der Waals surface area contributed by atoms with Gasteiger partial charge in [0, 0.05) is 32.1 Å². The number of guanidine groups is 1. The number of rotatable bonds is 4. The smallest absolute Gasteiger partial charge is 0.194 e. The van der Waals surface area contributed by atoms with Crippen molar-refractivity contribution < 1.29 is 5.11 Å². The highest BCUT2D eigenvalue weighted by atomic mass is 127. The Bertz CT molecular complexity index is 493. The van der Waals surface area contributed by atoms with Gasteiger partial charge in [-0.1, -0.05) is 36.8 Å². The first kappa shape index (κ1) is 19.2. The third-order valence-electron chi connectivity index (χ3n) is 3.92. The first-order valence-electron chi connectivity index (χ1n) is 7.88. The van der Waals surface area contributed by atoms with Gasteiger partial charge < -0.3 is 15.3 Å². The van der Waals surface area contributed by atoms with Crippen LogP contribution in [-0.2, 0) is 0 Å². The summed E-state index contributed by atoms with van der Waals surface area (Å²) in [5.74, 6) is 1.32. The van der Waals surface area contributed by atoms with Crippen LogP contribution in [-0.4, -0.2) is 48.2 Å². The van der Waals surface area contributed by atoms with Gasteiger partial charge in [-0.15, -0.1) is 24.0 Å². The molecule has 4 nitrogen and oxygen atoms in total. The van der Waals surface area contributed by atoms with Crippen molar-refractivity contribution in [2.24, 2.45) is 4.99 Å². The molecule has 0 aromatic heterocycles. The molecular formula is C17H28IN3O. The monoisotopic (exact) mass is 417 g/mol. The van der Waals surface area contributed by atoms with E-state index in [0.29, 0.717) is 12.5 Å². The molecule has 1 aliphatic rings. The minimum absolute atomic E-state index is 0. The third-order valence-corrected chi connectivity index (χ3v) is 3.92. The van der Waals surface area contributed by atoms with Crippen LogP contribution in [0.2, 0.25) is 0 Å². The van der Waals surface area contributed by atoms with E-state index >= 15 is 0 Å². The maximum atomic E-state index is 9.68. The van der Waals surface area contributed by atoms with Crippen LogP contribution in [0.1, 0.15) is 37.3 Å². The lowest BCUT2D eigenvalue weighted by atomic mass is 10.00. The van der Waals surface area contributed by atoms with Crippen LogP contribution in [0.25, 0.3) is 0 Å². The predicted octanol–water partition coefficient (Wildman–Crippen LogP) is 2.75. The molecule has 0 radical (unpaired) electrons. The van der Waals surface area contributed by atoms with Crippen LogP contribution in [0, 0.1) is 6.92 Å². The number of aliphatic imine (C=N–C) groups is 1. The third kappa shape index (κ3) is 5.43. The maximum absolute atomic E-state index is 9.68. The average Bonchev–Trinajstić information content (AvgIpc) is 2.89. The normalized spacial score (nSPS) is 19.7. The van der Waals surface area contributed by atoms with E-state index in [2.05, 4.69) is 55.3 Å². The molecule has 124 valence electrons. The standard InChI is InChI=1S/C17H27N3O.HI/c1-4-18-17(20-9-8-16(21)12-20)19-11-14(3)15-7-5-6-13(2)10-15;/h5-7,10,14,16,21H,4,8-9,11-12H2,1-3H3,(H,18,19);1H/t14?,16-;/m1./s1.